The number of carbonyl (C=O) groups is 1. The Kier molecular flexibility index (Phi) is 5.56. The highest BCUT2D eigenvalue weighted by Crippen LogP contribution is 2.27. The fourth-order valence-corrected chi connectivity index (χ4v) is 2.96. The normalized spacial score (nSPS) is 12.0. The number of thioether (sulfide) groups is 1. The van der Waals surface area contributed by atoms with Gasteiger partial charge in [-0.1, -0.05) is 27.5 Å². The Balaban J connectivity index is 2.00. The van der Waals surface area contributed by atoms with Gasteiger partial charge in [0.05, 0.1) is 16.6 Å². The first kappa shape index (κ1) is 16.2. The number of nitrogens with one attached hydrogen (secondary N) is 1. The second-order valence-electron chi connectivity index (χ2n) is 4.43. The van der Waals surface area contributed by atoms with Crippen molar-refractivity contribution in [3.8, 4) is 0 Å². The average molecular weight is 386 g/mol. The Morgan fingerprint density at radius 1 is 1.29 bits per heavy atom. The first-order valence-electron chi connectivity index (χ1n) is 6.24. The molecule has 0 heterocycles. The van der Waals surface area contributed by atoms with Gasteiger partial charge in [-0.25, -0.2) is 0 Å². The maximum atomic E-state index is 12.2. The lowest BCUT2D eigenvalue weighted by Crippen LogP contribution is -2.22. The van der Waals surface area contributed by atoms with Gasteiger partial charge in [0, 0.05) is 14.4 Å². The molecule has 2 rings (SSSR count). The standard InChI is InChI=1S/C15H14BrClN2OS/c1-9(21-12-5-2-10(16)3-6-12)15(20)19-14-7-4-11(17)8-13(14)18/h2-9H,18H2,1H3,(H,19,20). The summed E-state index contributed by atoms with van der Waals surface area (Å²) in [5.41, 5.74) is 6.86. The molecule has 0 aliphatic rings. The lowest BCUT2D eigenvalue weighted by atomic mass is 10.2. The fourth-order valence-electron chi connectivity index (χ4n) is 1.65. The number of halogens is 2. The smallest absolute Gasteiger partial charge is 0.237 e. The van der Waals surface area contributed by atoms with E-state index in [1.165, 1.54) is 11.8 Å². The molecule has 3 N–H and O–H groups in total. The number of benzene rings is 2. The van der Waals surface area contributed by atoms with Crippen LogP contribution < -0.4 is 11.1 Å². The van der Waals surface area contributed by atoms with Gasteiger partial charge in [-0.05, 0) is 49.4 Å². The van der Waals surface area contributed by atoms with Crippen molar-refractivity contribution in [2.24, 2.45) is 0 Å². The van der Waals surface area contributed by atoms with Gasteiger partial charge in [-0.3, -0.25) is 4.79 Å². The summed E-state index contributed by atoms with van der Waals surface area (Å²) in [5.74, 6) is -0.100. The van der Waals surface area contributed by atoms with Crippen LogP contribution in [0.1, 0.15) is 6.92 Å². The zero-order chi connectivity index (χ0) is 15.4. The minimum Gasteiger partial charge on any atom is -0.397 e. The molecular formula is C15H14BrClN2OS. The van der Waals surface area contributed by atoms with Gasteiger partial charge >= 0.3 is 0 Å². The van der Waals surface area contributed by atoms with Crippen LogP contribution in [-0.2, 0) is 4.79 Å². The molecule has 2 aromatic rings. The largest absolute Gasteiger partial charge is 0.397 e. The predicted octanol–water partition coefficient (Wildman–Crippen LogP) is 4.80. The van der Waals surface area contributed by atoms with Gasteiger partial charge in [0.15, 0.2) is 0 Å². The molecular weight excluding hydrogens is 372 g/mol. The zero-order valence-electron chi connectivity index (χ0n) is 11.3. The molecule has 0 aliphatic carbocycles. The van der Waals surface area contributed by atoms with Crippen molar-refractivity contribution in [1.29, 1.82) is 0 Å². The quantitative estimate of drug-likeness (QED) is 0.587. The van der Waals surface area contributed by atoms with Crippen LogP contribution in [0.15, 0.2) is 51.8 Å². The van der Waals surface area contributed by atoms with Crippen molar-refractivity contribution in [3.05, 3.63) is 52.0 Å². The summed E-state index contributed by atoms with van der Waals surface area (Å²) in [5, 5.41) is 3.13. The SMILES string of the molecule is CC(Sc1ccc(Br)cc1)C(=O)Nc1ccc(Cl)cc1N. The summed E-state index contributed by atoms with van der Waals surface area (Å²) in [7, 11) is 0. The van der Waals surface area contributed by atoms with Crippen molar-refractivity contribution >= 4 is 56.6 Å². The molecule has 6 heteroatoms. The van der Waals surface area contributed by atoms with E-state index in [-0.39, 0.29) is 11.2 Å². The van der Waals surface area contributed by atoms with Crippen molar-refractivity contribution in [2.75, 3.05) is 11.1 Å². The summed E-state index contributed by atoms with van der Waals surface area (Å²) < 4.78 is 1.01. The molecule has 2 aromatic carbocycles. The molecule has 0 saturated heterocycles. The van der Waals surface area contributed by atoms with Crippen molar-refractivity contribution in [2.45, 2.75) is 17.1 Å². The second-order valence-corrected chi connectivity index (χ2v) is 7.20. The molecule has 0 saturated carbocycles. The van der Waals surface area contributed by atoms with Crippen LogP contribution in [0.4, 0.5) is 11.4 Å². The molecule has 1 unspecified atom stereocenters. The molecule has 0 aromatic heterocycles. The monoisotopic (exact) mass is 384 g/mol. The van der Waals surface area contributed by atoms with Crippen molar-refractivity contribution in [1.82, 2.24) is 0 Å². The van der Waals surface area contributed by atoms with E-state index in [1.54, 1.807) is 18.2 Å². The van der Waals surface area contributed by atoms with E-state index >= 15 is 0 Å². The van der Waals surface area contributed by atoms with Gasteiger partial charge in [0.2, 0.25) is 5.91 Å². The van der Waals surface area contributed by atoms with Crippen molar-refractivity contribution in [3.63, 3.8) is 0 Å². The summed E-state index contributed by atoms with van der Waals surface area (Å²) in [4.78, 5) is 13.2. The number of nitrogens with two attached hydrogens (primary N) is 1. The van der Waals surface area contributed by atoms with Gasteiger partial charge in [-0.15, -0.1) is 11.8 Å². The molecule has 3 nitrogen and oxygen atoms in total. The predicted molar refractivity (Wildman–Crippen MR) is 94.0 cm³/mol. The highest BCUT2D eigenvalue weighted by molar-refractivity contribution is 9.10. The summed E-state index contributed by atoms with van der Waals surface area (Å²) in [6.45, 7) is 1.86. The lowest BCUT2D eigenvalue weighted by molar-refractivity contribution is -0.115. The van der Waals surface area contributed by atoms with Gasteiger partial charge in [0.1, 0.15) is 0 Å². The van der Waals surface area contributed by atoms with Crippen LogP contribution >= 0.6 is 39.3 Å². The first-order valence-corrected chi connectivity index (χ1v) is 8.29. The number of carbonyl (C=O) groups excluding carboxylic acids is 1. The van der Waals surface area contributed by atoms with E-state index in [1.807, 2.05) is 31.2 Å². The molecule has 21 heavy (non-hydrogen) atoms. The van der Waals surface area contributed by atoms with Gasteiger partial charge < -0.3 is 11.1 Å². The van der Waals surface area contributed by atoms with Crippen LogP contribution in [0.25, 0.3) is 0 Å². The maximum absolute atomic E-state index is 12.2. The minimum atomic E-state index is -0.235. The fraction of sp³-hybridized carbons (Fsp3) is 0.133. The molecule has 1 amide bonds. The number of hydrogen-bond acceptors (Lipinski definition) is 3. The van der Waals surface area contributed by atoms with Crippen molar-refractivity contribution < 1.29 is 4.79 Å². The Morgan fingerprint density at radius 2 is 1.95 bits per heavy atom. The molecule has 0 spiro atoms. The third kappa shape index (κ3) is 4.66. The van der Waals surface area contributed by atoms with Crippen LogP contribution in [0.5, 0.6) is 0 Å². The third-order valence-corrected chi connectivity index (χ3v) is 4.64. The number of nitrogen functional groups attached to an aromatic ring is 1. The van der Waals surface area contributed by atoms with Crippen LogP contribution in [0, 0.1) is 0 Å². The van der Waals surface area contributed by atoms with E-state index in [9.17, 15) is 4.79 Å². The van der Waals surface area contributed by atoms with Gasteiger partial charge in [-0.2, -0.15) is 0 Å². The van der Waals surface area contributed by atoms with E-state index in [0.717, 1.165) is 9.37 Å². The Bertz CT molecular complexity index is 649. The van der Waals surface area contributed by atoms with E-state index in [4.69, 9.17) is 17.3 Å². The molecule has 110 valence electrons. The maximum Gasteiger partial charge on any atom is 0.237 e. The zero-order valence-corrected chi connectivity index (χ0v) is 14.4. The molecule has 0 bridgehead atoms. The second kappa shape index (κ2) is 7.20. The molecule has 0 radical (unpaired) electrons. The number of hydrogen-bond donors (Lipinski definition) is 2. The van der Waals surface area contributed by atoms with E-state index in [0.29, 0.717) is 16.4 Å². The molecule has 1 atom stereocenters. The lowest BCUT2D eigenvalue weighted by Gasteiger charge is -2.13. The molecule has 0 fully saturated rings. The minimum absolute atomic E-state index is 0.100. The number of amides is 1. The Labute approximate surface area is 141 Å². The first-order chi connectivity index (χ1) is 9.95. The van der Waals surface area contributed by atoms with E-state index in [2.05, 4.69) is 21.2 Å². The van der Waals surface area contributed by atoms with Crippen LogP contribution in [-0.4, -0.2) is 11.2 Å². The molecule has 0 aliphatic heterocycles. The Hall–Kier alpha value is -1.17. The summed E-state index contributed by atoms with van der Waals surface area (Å²) in [6.07, 6.45) is 0. The summed E-state index contributed by atoms with van der Waals surface area (Å²) >= 11 is 10.7. The van der Waals surface area contributed by atoms with Gasteiger partial charge in [0.25, 0.3) is 0 Å². The number of rotatable bonds is 4. The highest BCUT2D eigenvalue weighted by atomic mass is 79.9. The number of anilines is 2. The van der Waals surface area contributed by atoms with Crippen LogP contribution in [0.3, 0.4) is 0 Å². The average Bonchev–Trinajstić information content (AvgIpc) is 2.44. The third-order valence-electron chi connectivity index (χ3n) is 2.77. The van der Waals surface area contributed by atoms with Crippen LogP contribution in [0.2, 0.25) is 5.02 Å². The topological polar surface area (TPSA) is 55.1 Å². The summed E-state index contributed by atoms with van der Waals surface area (Å²) in [6, 6.07) is 12.8. The highest BCUT2D eigenvalue weighted by Gasteiger charge is 2.15. The Morgan fingerprint density at radius 3 is 2.57 bits per heavy atom. The van der Waals surface area contributed by atoms with E-state index < -0.39 is 0 Å².